The topological polar surface area (TPSA) is 20.3 Å². The van der Waals surface area contributed by atoms with Gasteiger partial charge in [0, 0.05) is 18.5 Å². The van der Waals surface area contributed by atoms with E-state index in [4.69, 9.17) is 0 Å². The molecule has 0 spiro atoms. The van der Waals surface area contributed by atoms with Gasteiger partial charge in [0.1, 0.15) is 0 Å². The summed E-state index contributed by atoms with van der Waals surface area (Å²) in [5.74, 6) is 0.717. The maximum Gasteiger partial charge on any atom is 0.226 e. The van der Waals surface area contributed by atoms with E-state index in [1.807, 2.05) is 0 Å². The highest BCUT2D eigenvalue weighted by molar-refractivity contribution is 5.81. The molecule has 0 N–H and O–H groups in total. The van der Waals surface area contributed by atoms with Crippen LogP contribution in [-0.4, -0.2) is 16.8 Å². The van der Waals surface area contributed by atoms with Gasteiger partial charge in [-0.2, -0.15) is 0 Å². The van der Waals surface area contributed by atoms with Crippen LogP contribution in [0.25, 0.3) is 0 Å². The number of rotatable bonds is 1. The van der Waals surface area contributed by atoms with Crippen molar-refractivity contribution >= 4 is 5.91 Å². The smallest absolute Gasteiger partial charge is 0.226 e. The minimum Gasteiger partial charge on any atom is -0.335 e. The van der Waals surface area contributed by atoms with Gasteiger partial charge in [-0.1, -0.05) is 24.3 Å². The van der Waals surface area contributed by atoms with Crippen molar-refractivity contribution in [2.45, 2.75) is 38.8 Å². The van der Waals surface area contributed by atoms with E-state index >= 15 is 0 Å². The zero-order valence-corrected chi connectivity index (χ0v) is 9.65. The summed E-state index contributed by atoms with van der Waals surface area (Å²) in [7, 11) is 0. The summed E-state index contributed by atoms with van der Waals surface area (Å²) < 4.78 is 0. The molecule has 84 valence electrons. The van der Waals surface area contributed by atoms with Crippen LogP contribution in [0.15, 0.2) is 24.3 Å². The average molecular weight is 215 g/mol. The Balaban J connectivity index is 1.85. The first-order chi connectivity index (χ1) is 7.75. The van der Waals surface area contributed by atoms with Crippen LogP contribution in [0.2, 0.25) is 0 Å². The second-order valence-electron chi connectivity index (χ2n) is 5.06. The molecule has 2 nitrogen and oxygen atoms in total. The van der Waals surface area contributed by atoms with Crippen LogP contribution in [0.1, 0.15) is 30.9 Å². The summed E-state index contributed by atoms with van der Waals surface area (Å²) in [4.78, 5) is 14.2. The fourth-order valence-corrected chi connectivity index (χ4v) is 2.54. The van der Waals surface area contributed by atoms with Gasteiger partial charge in [-0.25, -0.2) is 0 Å². The van der Waals surface area contributed by atoms with Gasteiger partial charge in [-0.15, -0.1) is 0 Å². The highest BCUT2D eigenvalue weighted by Crippen LogP contribution is 2.34. The lowest BCUT2D eigenvalue weighted by molar-refractivity contribution is -0.135. The average Bonchev–Trinajstić information content (AvgIpc) is 3.11. The second-order valence-corrected chi connectivity index (χ2v) is 5.06. The lowest BCUT2D eigenvalue weighted by Gasteiger charge is -2.35. The molecule has 1 aromatic rings. The van der Waals surface area contributed by atoms with E-state index in [2.05, 4.69) is 36.1 Å². The fraction of sp³-hybridized carbons (Fsp3) is 0.500. The van der Waals surface area contributed by atoms with Crippen LogP contribution < -0.4 is 0 Å². The first-order valence-electron chi connectivity index (χ1n) is 6.13. The largest absolute Gasteiger partial charge is 0.335 e. The van der Waals surface area contributed by atoms with Crippen molar-refractivity contribution in [1.82, 2.24) is 4.90 Å². The van der Waals surface area contributed by atoms with Gasteiger partial charge in [0.2, 0.25) is 5.91 Å². The number of hydrogen-bond acceptors (Lipinski definition) is 1. The first kappa shape index (κ1) is 9.88. The predicted molar refractivity (Wildman–Crippen MR) is 62.9 cm³/mol. The Bertz CT molecular complexity index is 422. The van der Waals surface area contributed by atoms with Crippen molar-refractivity contribution in [2.75, 3.05) is 0 Å². The number of benzene rings is 1. The Morgan fingerprint density at radius 2 is 1.94 bits per heavy atom. The molecule has 0 unspecified atom stereocenters. The fourth-order valence-electron chi connectivity index (χ4n) is 2.54. The molecule has 1 atom stereocenters. The van der Waals surface area contributed by atoms with Crippen molar-refractivity contribution < 1.29 is 4.79 Å². The maximum atomic E-state index is 12.1. The van der Waals surface area contributed by atoms with Crippen LogP contribution in [0.3, 0.4) is 0 Å². The van der Waals surface area contributed by atoms with Gasteiger partial charge < -0.3 is 4.90 Å². The molecule has 1 heterocycles. The van der Waals surface area contributed by atoms with Crippen molar-refractivity contribution in [1.29, 1.82) is 0 Å². The molecule has 2 aliphatic rings. The zero-order chi connectivity index (χ0) is 11.1. The highest BCUT2D eigenvalue weighted by Gasteiger charge is 2.36. The molecule has 1 aliphatic carbocycles. The van der Waals surface area contributed by atoms with Crippen LogP contribution in [0, 0.1) is 5.92 Å². The van der Waals surface area contributed by atoms with Crippen molar-refractivity contribution in [3.8, 4) is 0 Å². The van der Waals surface area contributed by atoms with Gasteiger partial charge in [0.25, 0.3) is 0 Å². The Hall–Kier alpha value is -1.31. The summed E-state index contributed by atoms with van der Waals surface area (Å²) in [6, 6.07) is 8.85. The minimum absolute atomic E-state index is 0.340. The third kappa shape index (κ3) is 1.62. The van der Waals surface area contributed by atoms with Crippen LogP contribution in [0.4, 0.5) is 0 Å². The molecule has 16 heavy (non-hydrogen) atoms. The van der Waals surface area contributed by atoms with Gasteiger partial charge in [-0.3, -0.25) is 4.79 Å². The Morgan fingerprint density at radius 3 is 2.62 bits per heavy atom. The first-order valence-corrected chi connectivity index (χ1v) is 6.13. The van der Waals surface area contributed by atoms with Gasteiger partial charge in [-0.05, 0) is 37.3 Å². The van der Waals surface area contributed by atoms with Crippen LogP contribution in [-0.2, 0) is 17.8 Å². The van der Waals surface area contributed by atoms with E-state index in [1.165, 1.54) is 11.1 Å². The molecule has 0 saturated heterocycles. The van der Waals surface area contributed by atoms with E-state index in [9.17, 15) is 4.79 Å². The number of carbonyl (C=O) groups is 1. The maximum absolute atomic E-state index is 12.1. The Kier molecular flexibility index (Phi) is 2.23. The molecular weight excluding hydrogens is 198 g/mol. The summed E-state index contributed by atoms with van der Waals surface area (Å²) in [6.07, 6.45) is 3.21. The number of nitrogens with zero attached hydrogens (tertiary/aromatic N) is 1. The third-order valence-corrected chi connectivity index (χ3v) is 3.72. The summed E-state index contributed by atoms with van der Waals surface area (Å²) >= 11 is 0. The normalized spacial score (nSPS) is 24.1. The molecular formula is C14H17NO. The monoisotopic (exact) mass is 215 g/mol. The molecule has 0 bridgehead atoms. The van der Waals surface area contributed by atoms with Crippen LogP contribution >= 0.6 is 0 Å². The highest BCUT2D eigenvalue weighted by atomic mass is 16.2. The summed E-state index contributed by atoms with van der Waals surface area (Å²) in [5.41, 5.74) is 2.74. The van der Waals surface area contributed by atoms with Gasteiger partial charge >= 0.3 is 0 Å². The van der Waals surface area contributed by atoms with E-state index in [0.717, 1.165) is 25.8 Å². The number of carbonyl (C=O) groups excluding carboxylic acids is 1. The molecule has 3 rings (SSSR count). The molecule has 2 heteroatoms. The molecule has 1 aromatic carbocycles. The van der Waals surface area contributed by atoms with Crippen LogP contribution in [0.5, 0.6) is 0 Å². The van der Waals surface area contributed by atoms with Crippen molar-refractivity contribution in [3.63, 3.8) is 0 Å². The molecule has 1 amide bonds. The standard InChI is InChI=1S/C14H17NO/c1-10-8-12-4-2-3-5-13(12)9-15(10)14(16)11-6-7-11/h2-5,10-11H,6-9H2,1H3/t10-/m0/s1. The Labute approximate surface area is 96.3 Å². The summed E-state index contributed by atoms with van der Waals surface area (Å²) in [5, 5.41) is 0. The quantitative estimate of drug-likeness (QED) is 0.704. The third-order valence-electron chi connectivity index (χ3n) is 3.72. The second kappa shape index (κ2) is 3.62. The summed E-state index contributed by atoms with van der Waals surface area (Å²) in [6.45, 7) is 2.98. The molecule has 1 saturated carbocycles. The van der Waals surface area contributed by atoms with E-state index in [1.54, 1.807) is 0 Å². The van der Waals surface area contributed by atoms with E-state index < -0.39 is 0 Å². The minimum atomic E-state index is 0.340. The lowest BCUT2D eigenvalue weighted by atomic mass is 9.94. The van der Waals surface area contributed by atoms with Crippen molar-refractivity contribution in [3.05, 3.63) is 35.4 Å². The van der Waals surface area contributed by atoms with E-state index in [0.29, 0.717) is 17.9 Å². The Morgan fingerprint density at radius 1 is 1.25 bits per heavy atom. The van der Waals surface area contributed by atoms with Crippen molar-refractivity contribution in [2.24, 2.45) is 5.92 Å². The predicted octanol–water partition coefficient (Wildman–Crippen LogP) is 2.37. The van der Waals surface area contributed by atoms with E-state index in [-0.39, 0.29) is 0 Å². The SMILES string of the molecule is C[C@H]1Cc2ccccc2CN1C(=O)C1CC1. The lowest BCUT2D eigenvalue weighted by Crippen LogP contribution is -2.43. The molecule has 1 aliphatic heterocycles. The van der Waals surface area contributed by atoms with Gasteiger partial charge in [0.15, 0.2) is 0 Å². The number of hydrogen-bond donors (Lipinski definition) is 0. The molecule has 0 aromatic heterocycles. The number of amides is 1. The number of fused-ring (bicyclic) bond motifs is 1. The zero-order valence-electron chi connectivity index (χ0n) is 9.65. The molecule has 0 radical (unpaired) electrons. The van der Waals surface area contributed by atoms with Gasteiger partial charge in [0.05, 0.1) is 0 Å². The molecule has 1 fully saturated rings.